The Kier molecular flexibility index (Phi) is 4.10. The predicted molar refractivity (Wildman–Crippen MR) is 104 cm³/mol. The van der Waals surface area contributed by atoms with Crippen LogP contribution in [0.2, 0.25) is 5.02 Å². The second-order valence-corrected chi connectivity index (χ2v) is 7.83. The summed E-state index contributed by atoms with van der Waals surface area (Å²) < 4.78 is 0. The molecule has 0 bridgehead atoms. The van der Waals surface area contributed by atoms with E-state index < -0.39 is 0 Å². The summed E-state index contributed by atoms with van der Waals surface area (Å²) in [6, 6.07) is 9.39. The molecule has 2 aromatic heterocycles. The molecule has 6 nitrogen and oxygen atoms in total. The van der Waals surface area contributed by atoms with E-state index in [2.05, 4.69) is 25.1 Å². The lowest BCUT2D eigenvalue weighted by molar-refractivity contribution is 0.242. The molecule has 1 fully saturated rings. The van der Waals surface area contributed by atoms with Crippen LogP contribution in [0.15, 0.2) is 35.1 Å². The highest BCUT2D eigenvalue weighted by atomic mass is 35.5. The third-order valence-electron chi connectivity index (χ3n) is 5.29. The summed E-state index contributed by atoms with van der Waals surface area (Å²) in [6.45, 7) is 2.38. The zero-order chi connectivity index (χ0) is 18.4. The van der Waals surface area contributed by atoms with Crippen LogP contribution in [0.25, 0.3) is 11.3 Å². The van der Waals surface area contributed by atoms with E-state index in [-0.39, 0.29) is 5.56 Å². The Hall–Kier alpha value is -2.44. The number of benzene rings is 1. The second-order valence-electron chi connectivity index (χ2n) is 7.39. The lowest BCUT2D eigenvalue weighted by Crippen LogP contribution is -2.31. The topological polar surface area (TPSA) is 77.7 Å². The van der Waals surface area contributed by atoms with Crippen LogP contribution in [-0.2, 0) is 19.5 Å². The molecule has 0 radical (unpaired) electrons. The largest absolute Gasteiger partial charge is 0.310 e. The first kappa shape index (κ1) is 16.7. The smallest absolute Gasteiger partial charge is 0.251 e. The van der Waals surface area contributed by atoms with Gasteiger partial charge in [-0.3, -0.25) is 14.8 Å². The minimum Gasteiger partial charge on any atom is -0.310 e. The Morgan fingerprint density at radius 2 is 2.04 bits per heavy atom. The predicted octanol–water partition coefficient (Wildman–Crippen LogP) is 3.25. The van der Waals surface area contributed by atoms with Crippen molar-refractivity contribution in [2.24, 2.45) is 0 Å². The standard InChI is InChI=1S/C20H20ClN5O/c21-14-5-3-12(4-6-14)19-16-11-26(8-7-17(16)24-25-19)10-15-9-18(27)23-20(22-15)13-1-2-13/h3-6,9,13H,1-2,7-8,10-11H2,(H,24,25)(H,22,23,27). The van der Waals surface area contributed by atoms with E-state index in [0.29, 0.717) is 12.5 Å². The number of hydrogen-bond donors (Lipinski definition) is 2. The number of fused-ring (bicyclic) bond motifs is 1. The average molecular weight is 382 g/mol. The van der Waals surface area contributed by atoms with E-state index in [1.54, 1.807) is 6.07 Å². The van der Waals surface area contributed by atoms with E-state index in [9.17, 15) is 4.79 Å². The molecule has 5 rings (SSSR count). The molecule has 1 aliphatic heterocycles. The lowest BCUT2D eigenvalue weighted by Gasteiger charge is -2.26. The van der Waals surface area contributed by atoms with Gasteiger partial charge in [0.2, 0.25) is 0 Å². The lowest BCUT2D eigenvalue weighted by atomic mass is 10.0. The number of nitrogens with zero attached hydrogens (tertiary/aromatic N) is 3. The number of rotatable bonds is 4. The molecule has 3 heterocycles. The van der Waals surface area contributed by atoms with Crippen molar-refractivity contribution < 1.29 is 0 Å². The maximum atomic E-state index is 12.0. The molecule has 0 amide bonds. The third-order valence-corrected chi connectivity index (χ3v) is 5.54. The Morgan fingerprint density at radius 1 is 1.22 bits per heavy atom. The van der Waals surface area contributed by atoms with E-state index in [4.69, 9.17) is 11.6 Å². The second kappa shape index (κ2) is 6.62. The van der Waals surface area contributed by atoms with Crippen molar-refractivity contribution in [3.8, 4) is 11.3 Å². The number of hydrogen-bond acceptors (Lipinski definition) is 4. The Bertz CT molecular complexity index is 1040. The number of H-pyrrole nitrogens is 2. The van der Waals surface area contributed by atoms with Crippen LogP contribution in [0.1, 0.15) is 41.5 Å². The highest BCUT2D eigenvalue weighted by Crippen LogP contribution is 2.37. The highest BCUT2D eigenvalue weighted by Gasteiger charge is 2.27. The number of aromatic nitrogens is 4. The molecule has 0 spiro atoms. The number of aromatic amines is 2. The molecule has 0 atom stereocenters. The summed E-state index contributed by atoms with van der Waals surface area (Å²) in [5.41, 5.74) is 5.24. The highest BCUT2D eigenvalue weighted by molar-refractivity contribution is 6.30. The molecule has 1 saturated carbocycles. The molecular formula is C20H20ClN5O. The van der Waals surface area contributed by atoms with E-state index in [1.165, 1.54) is 11.3 Å². The van der Waals surface area contributed by atoms with Crippen molar-refractivity contribution in [2.45, 2.75) is 38.3 Å². The van der Waals surface area contributed by atoms with Crippen LogP contribution in [-0.4, -0.2) is 31.6 Å². The first-order chi connectivity index (χ1) is 13.2. The quantitative estimate of drug-likeness (QED) is 0.727. The molecule has 3 aromatic rings. The molecule has 1 aliphatic carbocycles. The van der Waals surface area contributed by atoms with Crippen LogP contribution in [0.3, 0.4) is 0 Å². The van der Waals surface area contributed by atoms with Crippen molar-refractivity contribution in [1.29, 1.82) is 0 Å². The van der Waals surface area contributed by atoms with Crippen molar-refractivity contribution >= 4 is 11.6 Å². The van der Waals surface area contributed by atoms with Gasteiger partial charge in [-0.05, 0) is 25.0 Å². The molecule has 7 heteroatoms. The summed E-state index contributed by atoms with van der Waals surface area (Å²) >= 11 is 6.01. The van der Waals surface area contributed by atoms with Crippen molar-refractivity contribution in [2.75, 3.05) is 6.54 Å². The van der Waals surface area contributed by atoms with Crippen molar-refractivity contribution in [1.82, 2.24) is 25.1 Å². The van der Waals surface area contributed by atoms with Crippen molar-refractivity contribution in [3.05, 3.63) is 68.5 Å². The van der Waals surface area contributed by atoms with Gasteiger partial charge in [-0.1, -0.05) is 23.7 Å². The fourth-order valence-electron chi connectivity index (χ4n) is 3.72. The van der Waals surface area contributed by atoms with Gasteiger partial charge in [0.25, 0.3) is 5.56 Å². The first-order valence-corrected chi connectivity index (χ1v) is 9.68. The molecule has 2 aliphatic rings. The fourth-order valence-corrected chi connectivity index (χ4v) is 3.85. The molecule has 138 valence electrons. The van der Waals surface area contributed by atoms with E-state index in [1.807, 2.05) is 24.3 Å². The normalized spacial score (nSPS) is 17.1. The molecular weight excluding hydrogens is 362 g/mol. The van der Waals surface area contributed by atoms with E-state index in [0.717, 1.165) is 60.2 Å². The van der Waals surface area contributed by atoms with Gasteiger partial charge >= 0.3 is 0 Å². The third kappa shape index (κ3) is 3.42. The van der Waals surface area contributed by atoms with Gasteiger partial charge < -0.3 is 4.98 Å². The maximum Gasteiger partial charge on any atom is 0.251 e. The Balaban J connectivity index is 1.39. The minimum atomic E-state index is -0.0511. The van der Waals surface area contributed by atoms with Crippen LogP contribution < -0.4 is 5.56 Å². The van der Waals surface area contributed by atoms with Crippen LogP contribution in [0.4, 0.5) is 0 Å². The van der Waals surface area contributed by atoms with Gasteiger partial charge in [0.05, 0.1) is 11.4 Å². The maximum absolute atomic E-state index is 12.0. The van der Waals surface area contributed by atoms with Gasteiger partial charge in [0, 0.05) is 59.9 Å². The van der Waals surface area contributed by atoms with Crippen LogP contribution in [0, 0.1) is 0 Å². The number of nitrogens with one attached hydrogen (secondary N) is 2. The zero-order valence-electron chi connectivity index (χ0n) is 14.8. The molecule has 27 heavy (non-hydrogen) atoms. The summed E-state index contributed by atoms with van der Waals surface area (Å²) in [4.78, 5) is 21.9. The van der Waals surface area contributed by atoms with Gasteiger partial charge in [0.1, 0.15) is 5.82 Å². The first-order valence-electron chi connectivity index (χ1n) is 9.30. The summed E-state index contributed by atoms with van der Waals surface area (Å²) in [7, 11) is 0. The fraction of sp³-hybridized carbons (Fsp3) is 0.350. The number of halogens is 1. The molecule has 0 saturated heterocycles. The Labute approximate surface area is 161 Å². The minimum absolute atomic E-state index is 0.0511. The molecule has 2 N–H and O–H groups in total. The molecule has 0 unspecified atom stereocenters. The average Bonchev–Trinajstić information content (AvgIpc) is 3.43. The van der Waals surface area contributed by atoms with Gasteiger partial charge in [0.15, 0.2) is 0 Å². The zero-order valence-corrected chi connectivity index (χ0v) is 15.6. The van der Waals surface area contributed by atoms with Gasteiger partial charge in [-0.25, -0.2) is 4.98 Å². The summed E-state index contributed by atoms with van der Waals surface area (Å²) in [5.74, 6) is 1.29. The van der Waals surface area contributed by atoms with E-state index >= 15 is 0 Å². The summed E-state index contributed by atoms with van der Waals surface area (Å²) in [6.07, 6.45) is 3.16. The van der Waals surface area contributed by atoms with Crippen LogP contribution in [0.5, 0.6) is 0 Å². The Morgan fingerprint density at radius 3 is 2.81 bits per heavy atom. The van der Waals surface area contributed by atoms with Gasteiger partial charge in [-0.2, -0.15) is 5.10 Å². The van der Waals surface area contributed by atoms with Crippen LogP contribution >= 0.6 is 11.6 Å². The summed E-state index contributed by atoms with van der Waals surface area (Å²) in [5, 5.41) is 8.44. The molecule has 1 aromatic carbocycles. The van der Waals surface area contributed by atoms with Gasteiger partial charge in [-0.15, -0.1) is 0 Å². The monoisotopic (exact) mass is 381 g/mol. The van der Waals surface area contributed by atoms with Crippen molar-refractivity contribution in [3.63, 3.8) is 0 Å². The SMILES string of the molecule is O=c1cc(CN2CCc3[nH]nc(-c4ccc(Cl)cc4)c3C2)nc(C2CC2)[nH]1.